The van der Waals surface area contributed by atoms with Crippen LogP contribution in [0.3, 0.4) is 0 Å². The van der Waals surface area contributed by atoms with Gasteiger partial charge in [-0.1, -0.05) is 125 Å². The lowest BCUT2D eigenvalue weighted by Gasteiger charge is -2.44. The van der Waals surface area contributed by atoms with Crippen LogP contribution in [0.4, 0.5) is 0 Å². The van der Waals surface area contributed by atoms with Crippen molar-refractivity contribution in [3.05, 3.63) is 140 Å². The second-order valence-electron chi connectivity index (χ2n) is 45.0. The van der Waals surface area contributed by atoms with Gasteiger partial charge in [0.2, 0.25) is 0 Å². The summed E-state index contributed by atoms with van der Waals surface area (Å²) in [5.74, 6) is -12.0. The van der Waals surface area contributed by atoms with E-state index in [0.29, 0.717) is 30.4 Å². The number of aryl methyl sites for hydroxylation is 6. The van der Waals surface area contributed by atoms with Crippen LogP contribution in [0.2, 0.25) is 0 Å². The van der Waals surface area contributed by atoms with Crippen molar-refractivity contribution in [3.8, 4) is 69.0 Å². The van der Waals surface area contributed by atoms with Crippen LogP contribution in [0.5, 0.6) is 69.0 Å². The van der Waals surface area contributed by atoms with Gasteiger partial charge in [0, 0.05) is 234 Å². The highest BCUT2D eigenvalue weighted by atomic mass is 16.5. The molecule has 0 aromatic heterocycles. The summed E-state index contributed by atoms with van der Waals surface area (Å²) in [6.07, 6.45) is -22.2. The number of hydrogen-bond donors (Lipinski definition) is 0. The summed E-state index contributed by atoms with van der Waals surface area (Å²) in [6, 6.07) is 7.68. The number of benzene rings is 6. The molecular weight excluding hydrogens is 1810 g/mol. The third-order valence-electron chi connectivity index (χ3n) is 26.2. The van der Waals surface area contributed by atoms with Crippen molar-refractivity contribution < 1.29 is 156 Å². The Labute approximate surface area is 933 Å². The second-order valence-corrected chi connectivity index (χ2v) is 45.0. The van der Waals surface area contributed by atoms with Crippen LogP contribution >= 0.6 is 0 Å². The van der Waals surface area contributed by atoms with Gasteiger partial charge in [-0.15, -0.1) is 0 Å². The predicted molar refractivity (Wildman–Crippen MR) is 569 cm³/mol. The Morgan fingerprint density at radius 2 is 0.410 bits per heavy atom. The third kappa shape index (κ3) is 27.2. The van der Waals surface area contributed by atoms with E-state index in [0.717, 1.165) is 45.0 Å². The molecule has 0 saturated carbocycles. The highest BCUT2D eigenvalue weighted by Gasteiger charge is 2.48. The van der Waals surface area contributed by atoms with Crippen molar-refractivity contribution in [2.75, 3.05) is 163 Å². The number of carbonyl (C=O) groups is 6. The van der Waals surface area contributed by atoms with Gasteiger partial charge < -0.3 is 56.8 Å². The molecule has 24 heteroatoms. The Balaban J connectivity index is 0.000000188. The van der Waals surface area contributed by atoms with Crippen molar-refractivity contribution in [1.29, 1.82) is 0 Å². The number of ketones is 6. The molecule has 6 fully saturated rings. The fraction of sp³-hybridized carbons (Fsp3) is 0.650. The summed E-state index contributed by atoms with van der Waals surface area (Å²) in [5, 5.41) is 0. The molecule has 0 amide bonds. The first kappa shape index (κ1) is 61.6. The van der Waals surface area contributed by atoms with Crippen molar-refractivity contribution in [1.82, 2.24) is 29.4 Å². The topological polar surface area (TPSA) is 233 Å². The van der Waals surface area contributed by atoms with Gasteiger partial charge in [-0.25, -0.2) is 0 Å². The van der Waals surface area contributed by atoms with E-state index in [9.17, 15) is 28.8 Å². The van der Waals surface area contributed by atoms with Crippen LogP contribution in [0.1, 0.15) is 374 Å². The number of hydrogen-bond acceptors (Lipinski definition) is 24. The van der Waals surface area contributed by atoms with Gasteiger partial charge in [0.25, 0.3) is 0 Å². The average Bonchev–Trinajstić information content (AvgIpc) is 0.682. The zero-order valence-corrected chi connectivity index (χ0v) is 86.8. The first-order chi connectivity index (χ1) is 87.2. The molecular formula is C120H174N6O18. The highest BCUT2D eigenvalue weighted by molar-refractivity contribution is 5.87. The fourth-order valence-corrected chi connectivity index (χ4v) is 20.0. The van der Waals surface area contributed by atoms with E-state index < -0.39 is 269 Å². The molecule has 24 nitrogen and oxygen atoms in total. The normalized spacial score (nSPS) is 36.8. The van der Waals surface area contributed by atoms with E-state index in [1.807, 2.05) is 83.1 Å². The summed E-state index contributed by atoms with van der Waals surface area (Å²) in [7, 11) is -9.45. The minimum atomic E-state index is -2.99. The monoisotopic (exact) mass is 2040 g/mol. The summed E-state index contributed by atoms with van der Waals surface area (Å²) < 4.78 is 480. The van der Waals surface area contributed by atoms with Gasteiger partial charge in [-0.3, -0.25) is 58.2 Å². The molecule has 6 aromatic rings. The van der Waals surface area contributed by atoms with Gasteiger partial charge in [-0.05, 0) is 249 Å². The quantitative estimate of drug-likeness (QED) is 0.0778. The van der Waals surface area contributed by atoms with Crippen molar-refractivity contribution in [2.24, 2.45) is 67.9 Å². The molecule has 12 aliphatic rings. The van der Waals surface area contributed by atoms with Gasteiger partial charge in [0.05, 0.1) is 110 Å². The van der Waals surface area contributed by atoms with Gasteiger partial charge in [0.15, 0.2) is 69.0 Å². The van der Waals surface area contributed by atoms with Crippen molar-refractivity contribution in [2.45, 2.75) is 276 Å². The molecule has 18 rings (SSSR count). The molecule has 6 aromatic carbocycles. The lowest BCUT2D eigenvalue weighted by molar-refractivity contribution is -0.130. The first-order valence-electron chi connectivity index (χ1n) is 73.5. The average molecular weight is 2040 g/mol. The third-order valence-corrected chi connectivity index (χ3v) is 26.2. The Morgan fingerprint density at radius 3 is 0.590 bits per heavy atom. The number of ether oxygens (including phenoxy) is 12. The summed E-state index contributed by atoms with van der Waals surface area (Å²) in [6.45, 7) is 17.2. The van der Waals surface area contributed by atoms with Crippen LogP contribution < -0.4 is 56.8 Å². The molecule has 0 radical (unpaired) electrons. The predicted octanol–water partition coefficient (Wildman–Crippen LogP) is 21.8. The van der Waals surface area contributed by atoms with E-state index in [1.54, 1.807) is 41.5 Å². The van der Waals surface area contributed by atoms with E-state index in [2.05, 4.69) is 0 Å². The van der Waals surface area contributed by atoms with Crippen LogP contribution in [0, 0.1) is 67.9 Å². The molecule has 144 heavy (non-hydrogen) atoms. The number of Topliss-reactive ketones (excluding diaryl/α,β-unsaturated/α-hetero) is 6. The number of methoxy groups -OCH3 is 12. The fourth-order valence-electron chi connectivity index (χ4n) is 20.0. The van der Waals surface area contributed by atoms with Crippen molar-refractivity contribution >= 4 is 34.7 Å². The van der Waals surface area contributed by atoms with E-state index in [4.69, 9.17) is 127 Å². The number of piperidine rings is 6. The zero-order valence-electron chi connectivity index (χ0n) is 138. The number of nitrogens with zero attached hydrogens (tertiary/aromatic N) is 6. The molecule has 6 saturated heterocycles. The summed E-state index contributed by atoms with van der Waals surface area (Å²) in [4.78, 5) is 85.9. The Hall–Kier alpha value is -9.30. The minimum absolute atomic E-state index is 0.00394. The second kappa shape index (κ2) is 46.6. The van der Waals surface area contributed by atoms with Gasteiger partial charge in [-0.2, -0.15) is 0 Å². The Bertz CT molecular complexity index is 7980. The molecule has 12 heterocycles. The highest BCUT2D eigenvalue weighted by Crippen LogP contribution is 2.53. The maximum absolute atomic E-state index is 13.4. The molecule has 12 atom stereocenters. The Morgan fingerprint density at radius 1 is 0.243 bits per heavy atom. The first-order valence-corrected chi connectivity index (χ1v) is 48.0. The number of fused-ring (bicyclic) bond motifs is 18. The molecule has 792 valence electrons. The maximum Gasteiger partial charge on any atom is 0.161 e. The molecule has 0 unspecified atom stereocenters. The molecule has 0 N–H and O–H groups in total. The maximum atomic E-state index is 13.4. The van der Waals surface area contributed by atoms with Crippen molar-refractivity contribution in [3.63, 3.8) is 0 Å². The van der Waals surface area contributed by atoms with Gasteiger partial charge >= 0.3 is 0 Å². The van der Waals surface area contributed by atoms with Crippen LogP contribution in [0.25, 0.3) is 0 Å². The van der Waals surface area contributed by atoms with E-state index in [1.165, 1.54) is 99.8 Å². The molecule has 0 bridgehead atoms. The van der Waals surface area contributed by atoms with Crippen LogP contribution in [-0.2, 0) is 67.0 Å². The number of carbonyl (C=O) groups excluding carboxylic acids is 6. The largest absolute Gasteiger partial charge is 0.493 e. The zero-order chi connectivity index (χ0) is 150. The molecule has 0 spiro atoms. The number of rotatable bonds is 18. The van der Waals surface area contributed by atoms with E-state index >= 15 is 0 Å². The summed E-state index contributed by atoms with van der Waals surface area (Å²) in [5.41, 5.74) is -2.13. The summed E-state index contributed by atoms with van der Waals surface area (Å²) >= 11 is 0. The lowest BCUT2D eigenvalue weighted by Crippen LogP contribution is -2.47. The lowest BCUT2D eigenvalue weighted by atomic mass is 9.76. The Kier molecular flexibility index (Phi) is 19.9. The van der Waals surface area contributed by atoms with Crippen LogP contribution in [0.15, 0.2) is 72.8 Å². The minimum Gasteiger partial charge on any atom is -0.493 e. The molecule has 0 aliphatic carbocycles. The standard InChI is InChI=1S/6C20H29NO3/c6*1-20(2,3)11-14-12-21-7-6-13-8-18(23-4)19(24-5)9-15(13)16(21)10-17(14)22/h6*8-9,14,16H,6-7,10-12H2,1-5H3/t6*14-,16-/m000000/s1/i5D3,6D2,7D2,10D2,14D;4D3,6D2,7D2,10D2,14D;6D2,7D2,10D2,14D;4D3,5D3,6D2,7D2;5D3,6D2,7D2;4D3,6D2,7D2. The van der Waals surface area contributed by atoms with E-state index in [-0.39, 0.29) is 211 Å². The van der Waals surface area contributed by atoms with Gasteiger partial charge in [0.1, 0.15) is 34.7 Å². The van der Waals surface area contributed by atoms with Crippen LogP contribution in [-0.4, -0.2) is 227 Å². The smallest absolute Gasteiger partial charge is 0.161 e. The molecule has 12 aliphatic heterocycles. The SMILES string of the molecule is [2H]C([2H])([2H])Oc1cc2c(cc1OC([2H])([2H])[2H])C([2H])([2H])C([2H])([2H])N1C[C@H](CC(C)(C)C)C(=O)C[C@@H]21.[2H]C([2H])([2H])Oc1cc2c(cc1OC)C([2H])([2H])C([2H])([2H])N1C[C@H](CC(C)(C)C)C(=O)C[C@@H]21.[2H]C([2H])([2H])Oc1cc2c(cc1OC)C([2H])([2H])C([2H])([2H])N1C[C@]([2H])(CC(C)(C)C)C(=O)C([2H])([2H])[C@@H]21.[2H]C([2H])([2H])Oc1cc2c(cc1OC)[C@@H]1CC(=O)[C@@H](CC(C)(C)C)CN1C([2H])([2H])C2([2H])[2H].[2H]C([2H])([2H])Oc1cc2c(cc1OC)[C@H]1N(C[C@]([2H])(CC(C)(C)C)C(=O)C1([2H])[2H])C([2H])([2H])C2([2H])[2H].[2H]C1([2H])C(=O)[C@@]([2H])(CC(C)(C)C)CN2[C@@H]1c1cc(OC)c(OC)cc1C([2H])([2H])C2([2H])[2H].